The van der Waals surface area contributed by atoms with Crippen molar-refractivity contribution in [3.8, 4) is 5.75 Å². The number of aromatic nitrogens is 3. The Morgan fingerprint density at radius 2 is 2.24 bits per heavy atom. The predicted octanol–water partition coefficient (Wildman–Crippen LogP) is 3.12. The number of nitrogens with zero attached hydrogens (tertiary/aromatic N) is 3. The summed E-state index contributed by atoms with van der Waals surface area (Å²) < 4.78 is 6.68. The van der Waals surface area contributed by atoms with E-state index in [1.807, 2.05) is 0 Å². The van der Waals surface area contributed by atoms with E-state index in [1.165, 1.54) is 23.5 Å². The Kier molecular flexibility index (Phi) is 6.95. The molecular weight excluding hydrogens is 362 g/mol. The third-order valence-electron chi connectivity index (χ3n) is 3.56. The van der Waals surface area contributed by atoms with Gasteiger partial charge in [0.25, 0.3) is 0 Å². The second-order valence-electron chi connectivity index (χ2n) is 5.47. The summed E-state index contributed by atoms with van der Waals surface area (Å²) in [4.78, 5) is 12.5. The van der Waals surface area contributed by atoms with Crippen molar-refractivity contribution in [2.75, 3.05) is 18.3 Å². The number of amides is 1. The number of unbranched alkanes of at least 4 members (excludes halogenated alkanes) is 1. The van der Waals surface area contributed by atoms with Crippen LogP contribution in [-0.2, 0) is 11.2 Å². The fraction of sp³-hybridized carbons (Fsp3) is 0.438. The number of aryl methyl sites for hydroxylation is 1. The van der Waals surface area contributed by atoms with Crippen LogP contribution in [0.5, 0.6) is 5.75 Å². The van der Waals surface area contributed by atoms with E-state index < -0.39 is 5.25 Å². The van der Waals surface area contributed by atoms with Crippen LogP contribution in [0.15, 0.2) is 23.4 Å². The van der Waals surface area contributed by atoms with Gasteiger partial charge in [-0.25, -0.2) is 4.68 Å². The number of rotatable bonds is 8. The molecule has 1 aromatic carbocycles. The average molecular weight is 384 g/mol. The zero-order valence-corrected chi connectivity index (χ0v) is 16.0. The second-order valence-corrected chi connectivity index (χ2v) is 7.21. The monoisotopic (exact) mass is 383 g/mol. The standard InChI is InChI=1S/C16H22ClN5O2S/c1-4-5-6-14-20-21-16(22(14)18)25-10(2)15(23)19-12-9-11(17)7-8-13(12)24-3/h7-10H,4-6,18H2,1-3H3,(H,19,23)/t10-/m1/s1. The molecule has 2 aromatic rings. The number of nitrogens with two attached hydrogens (primary N) is 1. The van der Waals surface area contributed by atoms with Crippen molar-refractivity contribution in [1.82, 2.24) is 14.9 Å². The lowest BCUT2D eigenvalue weighted by Gasteiger charge is -2.14. The molecule has 0 unspecified atom stereocenters. The molecule has 0 aliphatic carbocycles. The van der Waals surface area contributed by atoms with Crippen molar-refractivity contribution in [2.24, 2.45) is 0 Å². The van der Waals surface area contributed by atoms with E-state index in [2.05, 4.69) is 22.4 Å². The van der Waals surface area contributed by atoms with Crippen LogP contribution in [0.4, 0.5) is 5.69 Å². The summed E-state index contributed by atoms with van der Waals surface area (Å²) in [6.45, 7) is 3.88. The molecular formula is C16H22ClN5O2S. The van der Waals surface area contributed by atoms with Crippen molar-refractivity contribution in [3.05, 3.63) is 29.0 Å². The molecule has 136 valence electrons. The number of thioether (sulfide) groups is 1. The number of halogens is 1. The maximum Gasteiger partial charge on any atom is 0.237 e. The number of ether oxygens (including phenoxy) is 1. The Bertz CT molecular complexity index is 737. The summed E-state index contributed by atoms with van der Waals surface area (Å²) in [6.07, 6.45) is 2.81. The number of methoxy groups -OCH3 is 1. The Morgan fingerprint density at radius 3 is 2.92 bits per heavy atom. The van der Waals surface area contributed by atoms with Crippen molar-refractivity contribution in [1.29, 1.82) is 0 Å². The lowest BCUT2D eigenvalue weighted by Crippen LogP contribution is -2.24. The van der Waals surface area contributed by atoms with Gasteiger partial charge in [0.15, 0.2) is 5.82 Å². The Morgan fingerprint density at radius 1 is 1.48 bits per heavy atom. The quantitative estimate of drug-likeness (QED) is 0.537. The number of carbonyl (C=O) groups excluding carboxylic acids is 1. The van der Waals surface area contributed by atoms with Crippen molar-refractivity contribution in [2.45, 2.75) is 43.5 Å². The van der Waals surface area contributed by atoms with Gasteiger partial charge in [-0.3, -0.25) is 4.79 Å². The highest BCUT2D eigenvalue weighted by Crippen LogP contribution is 2.29. The Balaban J connectivity index is 2.04. The SMILES string of the molecule is CCCCc1nnc(S[C@H](C)C(=O)Nc2cc(Cl)ccc2OC)n1N. The minimum atomic E-state index is -0.422. The van der Waals surface area contributed by atoms with Gasteiger partial charge >= 0.3 is 0 Å². The molecule has 0 saturated heterocycles. The van der Waals surface area contributed by atoms with Gasteiger partial charge in [-0.05, 0) is 31.5 Å². The minimum absolute atomic E-state index is 0.205. The number of benzene rings is 1. The van der Waals surface area contributed by atoms with E-state index in [9.17, 15) is 4.79 Å². The fourth-order valence-corrected chi connectivity index (χ4v) is 3.08. The van der Waals surface area contributed by atoms with Crippen molar-refractivity contribution in [3.63, 3.8) is 0 Å². The molecule has 2 rings (SSSR count). The van der Waals surface area contributed by atoms with Gasteiger partial charge in [-0.2, -0.15) is 0 Å². The number of hydrogen-bond acceptors (Lipinski definition) is 6. The Labute approximate surface area is 156 Å². The first-order valence-electron chi connectivity index (χ1n) is 7.96. The normalized spacial score (nSPS) is 12.0. The first-order chi connectivity index (χ1) is 12.0. The lowest BCUT2D eigenvalue weighted by atomic mass is 10.2. The maximum absolute atomic E-state index is 12.5. The van der Waals surface area contributed by atoms with Gasteiger partial charge in [0.05, 0.1) is 18.0 Å². The minimum Gasteiger partial charge on any atom is -0.495 e. The molecule has 0 aliphatic heterocycles. The molecule has 0 spiro atoms. The number of nitrogens with one attached hydrogen (secondary N) is 1. The van der Waals surface area contributed by atoms with Gasteiger partial charge in [-0.1, -0.05) is 36.7 Å². The molecule has 25 heavy (non-hydrogen) atoms. The van der Waals surface area contributed by atoms with Crippen LogP contribution in [0.25, 0.3) is 0 Å². The Hall–Kier alpha value is -1.93. The van der Waals surface area contributed by atoms with Crippen LogP contribution in [0.3, 0.4) is 0 Å². The van der Waals surface area contributed by atoms with Gasteiger partial charge in [0.1, 0.15) is 5.75 Å². The highest BCUT2D eigenvalue weighted by molar-refractivity contribution is 8.00. The molecule has 0 bridgehead atoms. The molecule has 3 N–H and O–H groups in total. The smallest absolute Gasteiger partial charge is 0.237 e. The zero-order valence-electron chi connectivity index (χ0n) is 14.5. The van der Waals surface area contributed by atoms with E-state index in [-0.39, 0.29) is 5.91 Å². The van der Waals surface area contributed by atoms with Crippen molar-refractivity contribution < 1.29 is 9.53 Å². The molecule has 0 aliphatic rings. The third kappa shape index (κ3) is 5.02. The summed E-state index contributed by atoms with van der Waals surface area (Å²) in [6, 6.07) is 5.04. The van der Waals surface area contributed by atoms with E-state index in [0.29, 0.717) is 27.4 Å². The first kappa shape index (κ1) is 19.4. The van der Waals surface area contributed by atoms with Crippen LogP contribution in [0.1, 0.15) is 32.5 Å². The van der Waals surface area contributed by atoms with Gasteiger partial charge in [0, 0.05) is 11.4 Å². The molecule has 1 atom stereocenters. The summed E-state index contributed by atoms with van der Waals surface area (Å²) in [5.74, 6) is 7.06. The highest BCUT2D eigenvalue weighted by atomic mass is 35.5. The molecule has 0 fully saturated rings. The predicted molar refractivity (Wildman–Crippen MR) is 101 cm³/mol. The van der Waals surface area contributed by atoms with Crippen LogP contribution in [0.2, 0.25) is 5.02 Å². The molecule has 0 radical (unpaired) electrons. The average Bonchev–Trinajstić information content (AvgIpc) is 2.93. The number of hydrogen-bond donors (Lipinski definition) is 2. The third-order valence-corrected chi connectivity index (χ3v) is 4.85. The van der Waals surface area contributed by atoms with E-state index >= 15 is 0 Å². The van der Waals surface area contributed by atoms with Crippen LogP contribution in [0, 0.1) is 0 Å². The summed E-state index contributed by atoms with van der Waals surface area (Å²) in [5, 5.41) is 11.6. The molecule has 1 heterocycles. The van der Waals surface area contributed by atoms with Crippen LogP contribution >= 0.6 is 23.4 Å². The van der Waals surface area contributed by atoms with Gasteiger partial charge in [-0.15, -0.1) is 10.2 Å². The van der Waals surface area contributed by atoms with E-state index in [0.717, 1.165) is 19.3 Å². The van der Waals surface area contributed by atoms with Crippen LogP contribution < -0.4 is 15.9 Å². The molecule has 1 aromatic heterocycles. The molecule has 9 heteroatoms. The zero-order chi connectivity index (χ0) is 18.4. The molecule has 1 amide bonds. The summed E-state index contributed by atoms with van der Waals surface area (Å²) >= 11 is 7.23. The summed E-state index contributed by atoms with van der Waals surface area (Å²) in [5.41, 5.74) is 0.519. The summed E-state index contributed by atoms with van der Waals surface area (Å²) in [7, 11) is 1.53. The highest BCUT2D eigenvalue weighted by Gasteiger charge is 2.20. The maximum atomic E-state index is 12.5. The lowest BCUT2D eigenvalue weighted by molar-refractivity contribution is -0.115. The van der Waals surface area contributed by atoms with Crippen molar-refractivity contribution >= 4 is 35.0 Å². The van der Waals surface area contributed by atoms with Crippen LogP contribution in [-0.4, -0.2) is 33.1 Å². The largest absolute Gasteiger partial charge is 0.495 e. The topological polar surface area (TPSA) is 95.1 Å². The number of anilines is 1. The van der Waals surface area contributed by atoms with E-state index in [4.69, 9.17) is 22.2 Å². The molecule has 0 saturated carbocycles. The van der Waals surface area contributed by atoms with E-state index in [1.54, 1.807) is 25.1 Å². The van der Waals surface area contributed by atoms with Gasteiger partial charge < -0.3 is 15.9 Å². The van der Waals surface area contributed by atoms with Gasteiger partial charge in [0.2, 0.25) is 11.1 Å². The number of nitrogen functional groups attached to an aromatic ring is 1. The second kappa shape index (κ2) is 8.96. The first-order valence-corrected chi connectivity index (χ1v) is 9.22. The fourth-order valence-electron chi connectivity index (χ4n) is 2.12. The molecule has 7 nitrogen and oxygen atoms in total. The number of carbonyl (C=O) groups is 1.